The van der Waals surface area contributed by atoms with Crippen LogP contribution in [0.4, 0.5) is 0 Å². The number of β-amino-alcohol motifs (C(OH)–C–C–N with tert-alkyl or cyclic N) is 1. The van der Waals surface area contributed by atoms with E-state index in [9.17, 15) is 14.7 Å². The van der Waals surface area contributed by atoms with Crippen LogP contribution in [0.1, 0.15) is 12.0 Å². The summed E-state index contributed by atoms with van der Waals surface area (Å²) < 4.78 is 4.67. The first-order valence-electron chi connectivity index (χ1n) is 6.31. The minimum atomic E-state index is -0.718. The molecular weight excluding hydrogens is 282 g/mol. The number of amides is 1. The Morgan fingerprint density at radius 3 is 2.80 bits per heavy atom. The van der Waals surface area contributed by atoms with Crippen molar-refractivity contribution in [1.82, 2.24) is 4.90 Å². The highest BCUT2D eigenvalue weighted by atomic mass is 35.5. The van der Waals surface area contributed by atoms with Crippen molar-refractivity contribution in [2.75, 3.05) is 13.7 Å². The summed E-state index contributed by atoms with van der Waals surface area (Å²) in [6.07, 6.45) is -0.393. The van der Waals surface area contributed by atoms with Gasteiger partial charge in [-0.1, -0.05) is 29.8 Å². The topological polar surface area (TPSA) is 66.8 Å². The average molecular weight is 298 g/mol. The lowest BCUT2D eigenvalue weighted by atomic mass is 10.1. The van der Waals surface area contributed by atoms with Crippen LogP contribution in [0, 0.1) is 0 Å². The van der Waals surface area contributed by atoms with E-state index in [2.05, 4.69) is 4.74 Å². The number of aliphatic hydroxyl groups excluding tert-OH is 1. The SMILES string of the molecule is COC(=O)C1CC(O)CN1C(=O)Cc1ccccc1Cl. The Labute approximate surface area is 122 Å². The number of ether oxygens (including phenoxy) is 1. The summed E-state index contributed by atoms with van der Waals surface area (Å²) >= 11 is 6.02. The quantitative estimate of drug-likeness (QED) is 0.846. The molecule has 0 spiro atoms. The van der Waals surface area contributed by atoms with Gasteiger partial charge in [0, 0.05) is 18.0 Å². The molecule has 0 bridgehead atoms. The number of likely N-dealkylation sites (tertiary alicyclic amines) is 1. The molecule has 1 aliphatic rings. The molecule has 5 nitrogen and oxygen atoms in total. The lowest BCUT2D eigenvalue weighted by Crippen LogP contribution is -2.42. The van der Waals surface area contributed by atoms with E-state index in [-0.39, 0.29) is 25.3 Å². The van der Waals surface area contributed by atoms with Gasteiger partial charge in [0.1, 0.15) is 6.04 Å². The summed E-state index contributed by atoms with van der Waals surface area (Å²) in [6.45, 7) is 0.142. The molecule has 1 saturated heterocycles. The van der Waals surface area contributed by atoms with Crippen LogP contribution in [0.3, 0.4) is 0 Å². The molecular formula is C14H16ClNO4. The fraction of sp³-hybridized carbons (Fsp3) is 0.429. The summed E-state index contributed by atoms with van der Waals surface area (Å²) in [6, 6.07) is 6.34. The van der Waals surface area contributed by atoms with Gasteiger partial charge in [0.25, 0.3) is 0 Å². The van der Waals surface area contributed by atoms with Crippen LogP contribution in [0.5, 0.6) is 0 Å². The van der Waals surface area contributed by atoms with Crippen LogP contribution in [-0.2, 0) is 20.7 Å². The van der Waals surface area contributed by atoms with Gasteiger partial charge in [-0.15, -0.1) is 0 Å². The van der Waals surface area contributed by atoms with Crippen molar-refractivity contribution in [3.63, 3.8) is 0 Å². The van der Waals surface area contributed by atoms with Crippen molar-refractivity contribution < 1.29 is 19.4 Å². The van der Waals surface area contributed by atoms with Crippen molar-refractivity contribution in [2.45, 2.75) is 25.0 Å². The number of aliphatic hydroxyl groups is 1. The Kier molecular flexibility index (Phi) is 4.62. The molecule has 0 aliphatic carbocycles. The highest BCUT2D eigenvalue weighted by molar-refractivity contribution is 6.31. The maximum absolute atomic E-state index is 12.3. The van der Waals surface area contributed by atoms with Crippen molar-refractivity contribution in [3.8, 4) is 0 Å². The fourth-order valence-electron chi connectivity index (χ4n) is 2.36. The Hall–Kier alpha value is -1.59. The number of esters is 1. The Balaban J connectivity index is 2.11. The number of hydrogen-bond donors (Lipinski definition) is 1. The highest BCUT2D eigenvalue weighted by Crippen LogP contribution is 2.22. The summed E-state index contributed by atoms with van der Waals surface area (Å²) in [5.74, 6) is -0.751. The van der Waals surface area contributed by atoms with Crippen molar-refractivity contribution >= 4 is 23.5 Å². The van der Waals surface area contributed by atoms with Crippen molar-refractivity contribution in [2.24, 2.45) is 0 Å². The first-order valence-corrected chi connectivity index (χ1v) is 6.69. The van der Waals surface area contributed by atoms with Gasteiger partial charge in [-0.05, 0) is 11.6 Å². The standard InChI is InChI=1S/C14H16ClNO4/c1-20-14(19)12-7-10(17)8-16(12)13(18)6-9-4-2-3-5-11(9)15/h2-5,10,12,17H,6-8H2,1H3. The Bertz CT molecular complexity index is 520. The van der Waals surface area contributed by atoms with E-state index >= 15 is 0 Å². The zero-order valence-electron chi connectivity index (χ0n) is 11.1. The molecule has 6 heteroatoms. The molecule has 1 aliphatic heterocycles. The second-order valence-electron chi connectivity index (χ2n) is 4.74. The summed E-state index contributed by atoms with van der Waals surface area (Å²) in [5.41, 5.74) is 0.698. The molecule has 1 heterocycles. The first-order chi connectivity index (χ1) is 9.52. The molecule has 0 aromatic heterocycles. The van der Waals surface area contributed by atoms with Crippen LogP contribution in [0.25, 0.3) is 0 Å². The van der Waals surface area contributed by atoms with Gasteiger partial charge < -0.3 is 14.7 Å². The smallest absolute Gasteiger partial charge is 0.328 e. The zero-order valence-corrected chi connectivity index (χ0v) is 11.8. The van der Waals surface area contributed by atoms with E-state index < -0.39 is 18.1 Å². The molecule has 2 rings (SSSR count). The van der Waals surface area contributed by atoms with E-state index in [1.54, 1.807) is 24.3 Å². The second kappa shape index (κ2) is 6.24. The number of carbonyl (C=O) groups excluding carboxylic acids is 2. The maximum atomic E-state index is 12.3. The number of rotatable bonds is 3. The fourth-order valence-corrected chi connectivity index (χ4v) is 2.56. The predicted octanol–water partition coefficient (Wildman–Crippen LogP) is 1.02. The van der Waals surface area contributed by atoms with Gasteiger partial charge in [-0.2, -0.15) is 0 Å². The number of methoxy groups -OCH3 is 1. The lowest BCUT2D eigenvalue weighted by Gasteiger charge is -2.22. The third-order valence-corrected chi connectivity index (χ3v) is 3.74. The third kappa shape index (κ3) is 3.11. The predicted molar refractivity (Wildman–Crippen MR) is 73.3 cm³/mol. The van der Waals surface area contributed by atoms with Gasteiger partial charge in [0.15, 0.2) is 0 Å². The van der Waals surface area contributed by atoms with Gasteiger partial charge in [-0.25, -0.2) is 4.79 Å². The molecule has 0 saturated carbocycles. The summed E-state index contributed by atoms with van der Waals surface area (Å²) in [4.78, 5) is 25.3. The molecule has 1 amide bonds. The van der Waals surface area contributed by atoms with E-state index in [1.165, 1.54) is 12.0 Å². The molecule has 108 valence electrons. The number of carbonyl (C=O) groups is 2. The summed E-state index contributed by atoms with van der Waals surface area (Å²) in [5, 5.41) is 10.2. The largest absolute Gasteiger partial charge is 0.467 e. The maximum Gasteiger partial charge on any atom is 0.328 e. The van der Waals surface area contributed by atoms with Crippen LogP contribution >= 0.6 is 11.6 Å². The van der Waals surface area contributed by atoms with Crippen LogP contribution in [-0.4, -0.2) is 47.7 Å². The molecule has 1 aromatic rings. The minimum Gasteiger partial charge on any atom is -0.467 e. The monoisotopic (exact) mass is 297 g/mol. The average Bonchev–Trinajstić information content (AvgIpc) is 2.82. The molecule has 1 aromatic carbocycles. The molecule has 20 heavy (non-hydrogen) atoms. The van der Waals surface area contributed by atoms with Crippen molar-refractivity contribution in [1.29, 1.82) is 0 Å². The molecule has 2 atom stereocenters. The molecule has 1 N–H and O–H groups in total. The third-order valence-electron chi connectivity index (χ3n) is 3.37. The Morgan fingerprint density at radius 2 is 2.15 bits per heavy atom. The number of hydrogen-bond acceptors (Lipinski definition) is 4. The van der Waals surface area contributed by atoms with Crippen LogP contribution < -0.4 is 0 Å². The van der Waals surface area contributed by atoms with Gasteiger partial charge in [0.05, 0.1) is 19.6 Å². The van der Waals surface area contributed by atoms with Gasteiger partial charge >= 0.3 is 5.97 Å². The van der Waals surface area contributed by atoms with E-state index in [0.717, 1.165) is 0 Å². The molecule has 0 radical (unpaired) electrons. The van der Waals surface area contributed by atoms with Crippen LogP contribution in [0.15, 0.2) is 24.3 Å². The Morgan fingerprint density at radius 1 is 1.45 bits per heavy atom. The number of halogens is 1. The van der Waals surface area contributed by atoms with Crippen LogP contribution in [0.2, 0.25) is 5.02 Å². The number of benzene rings is 1. The summed E-state index contributed by atoms with van der Waals surface area (Å²) in [7, 11) is 1.27. The van der Waals surface area contributed by atoms with E-state index in [0.29, 0.717) is 10.6 Å². The highest BCUT2D eigenvalue weighted by Gasteiger charge is 2.39. The normalized spacial score (nSPS) is 21.9. The minimum absolute atomic E-state index is 0.0971. The molecule has 2 unspecified atom stereocenters. The van der Waals surface area contributed by atoms with E-state index in [4.69, 9.17) is 11.6 Å². The molecule has 1 fully saturated rings. The first kappa shape index (κ1) is 14.8. The van der Waals surface area contributed by atoms with Crippen molar-refractivity contribution in [3.05, 3.63) is 34.9 Å². The van der Waals surface area contributed by atoms with Gasteiger partial charge in [0.2, 0.25) is 5.91 Å². The number of nitrogens with zero attached hydrogens (tertiary/aromatic N) is 1. The van der Waals surface area contributed by atoms with Gasteiger partial charge in [-0.3, -0.25) is 4.79 Å². The van der Waals surface area contributed by atoms with E-state index in [1.807, 2.05) is 0 Å². The second-order valence-corrected chi connectivity index (χ2v) is 5.15. The zero-order chi connectivity index (χ0) is 14.7. The lowest BCUT2D eigenvalue weighted by molar-refractivity contribution is -0.150.